The Balaban J connectivity index is 0.00000961. The maximum atomic E-state index is 12.0. The van der Waals surface area contributed by atoms with E-state index in [2.05, 4.69) is 27.9 Å². The van der Waals surface area contributed by atoms with Gasteiger partial charge in [-0.05, 0) is 39.3 Å². The molecule has 184 valence electrons. The SMILES string of the molecule is CCCCC(CNC(=O)OC(C)(C)C)NC(=NCC(=O)N(C)C)NCCc1ccco1.I. The minimum absolute atomic E-state index is 0. The number of aliphatic imine (C=N–C) groups is 1. The van der Waals surface area contributed by atoms with E-state index in [1.165, 1.54) is 4.90 Å². The predicted molar refractivity (Wildman–Crippen MR) is 138 cm³/mol. The first kappa shape index (κ1) is 30.0. The monoisotopic (exact) mass is 565 g/mol. The van der Waals surface area contributed by atoms with Gasteiger partial charge in [0.2, 0.25) is 5.91 Å². The van der Waals surface area contributed by atoms with Crippen LogP contribution in [0.2, 0.25) is 0 Å². The van der Waals surface area contributed by atoms with Gasteiger partial charge in [-0.25, -0.2) is 9.79 Å². The summed E-state index contributed by atoms with van der Waals surface area (Å²) in [6.07, 6.45) is 4.73. The van der Waals surface area contributed by atoms with Crippen LogP contribution in [0.15, 0.2) is 27.8 Å². The van der Waals surface area contributed by atoms with Gasteiger partial charge in [-0.2, -0.15) is 0 Å². The number of ether oxygens (including phenoxy) is 1. The fraction of sp³-hybridized carbons (Fsp3) is 0.682. The van der Waals surface area contributed by atoms with Crippen molar-refractivity contribution in [2.45, 2.75) is 65.0 Å². The fourth-order valence-electron chi connectivity index (χ4n) is 2.59. The zero-order valence-corrected chi connectivity index (χ0v) is 22.5. The van der Waals surface area contributed by atoms with Crippen LogP contribution in [0.1, 0.15) is 52.7 Å². The van der Waals surface area contributed by atoms with E-state index >= 15 is 0 Å². The lowest BCUT2D eigenvalue weighted by Crippen LogP contribution is -2.49. The van der Waals surface area contributed by atoms with E-state index in [9.17, 15) is 9.59 Å². The number of hydrogen-bond donors (Lipinski definition) is 3. The molecule has 0 saturated heterocycles. The molecule has 2 amide bonds. The molecule has 0 bridgehead atoms. The van der Waals surface area contributed by atoms with Gasteiger partial charge in [-0.15, -0.1) is 24.0 Å². The van der Waals surface area contributed by atoms with E-state index in [0.717, 1.165) is 25.0 Å². The zero-order chi connectivity index (χ0) is 23.3. The Labute approximate surface area is 209 Å². The van der Waals surface area contributed by atoms with Crippen molar-refractivity contribution in [3.05, 3.63) is 24.2 Å². The molecule has 0 aliphatic carbocycles. The second-order valence-electron chi connectivity index (χ2n) is 8.58. The third-order valence-electron chi connectivity index (χ3n) is 4.25. The highest BCUT2D eigenvalue weighted by atomic mass is 127. The van der Waals surface area contributed by atoms with E-state index in [-0.39, 0.29) is 42.5 Å². The van der Waals surface area contributed by atoms with Gasteiger partial charge < -0.3 is 30.0 Å². The standard InChI is InChI=1S/C22H39N5O4.HI/c1-7-8-10-17(15-25-21(29)31-22(2,3)4)26-20(24-16-19(28)27(5)6)23-13-12-18-11-9-14-30-18;/h9,11,14,17H,7-8,10,12-13,15-16H2,1-6H3,(H,25,29)(H2,23,24,26);1H. The van der Waals surface area contributed by atoms with Crippen LogP contribution in [0, 0.1) is 0 Å². The summed E-state index contributed by atoms with van der Waals surface area (Å²) in [6.45, 7) is 8.61. The van der Waals surface area contributed by atoms with Crippen LogP contribution in [0.3, 0.4) is 0 Å². The van der Waals surface area contributed by atoms with E-state index < -0.39 is 11.7 Å². The molecule has 9 nitrogen and oxygen atoms in total. The number of nitrogens with zero attached hydrogens (tertiary/aromatic N) is 2. The Hall–Kier alpha value is -1.98. The van der Waals surface area contributed by atoms with Crippen molar-refractivity contribution in [2.24, 2.45) is 4.99 Å². The first-order chi connectivity index (χ1) is 14.6. The van der Waals surface area contributed by atoms with Gasteiger partial charge in [0.1, 0.15) is 17.9 Å². The quantitative estimate of drug-likeness (QED) is 0.216. The Morgan fingerprint density at radius 1 is 1.25 bits per heavy atom. The molecule has 1 aromatic heterocycles. The topological polar surface area (TPSA) is 108 Å². The lowest BCUT2D eigenvalue weighted by Gasteiger charge is -2.24. The maximum absolute atomic E-state index is 12.0. The average molecular weight is 565 g/mol. The van der Waals surface area contributed by atoms with Crippen LogP contribution >= 0.6 is 24.0 Å². The molecular weight excluding hydrogens is 525 g/mol. The largest absolute Gasteiger partial charge is 0.469 e. The highest BCUT2D eigenvalue weighted by Crippen LogP contribution is 2.07. The van der Waals surface area contributed by atoms with Gasteiger partial charge in [-0.1, -0.05) is 19.8 Å². The molecule has 1 rings (SSSR count). The number of furan rings is 1. The van der Waals surface area contributed by atoms with Gasteiger partial charge in [0.05, 0.1) is 6.26 Å². The van der Waals surface area contributed by atoms with Crippen molar-refractivity contribution in [1.82, 2.24) is 20.9 Å². The molecule has 1 aromatic rings. The smallest absolute Gasteiger partial charge is 0.407 e. The van der Waals surface area contributed by atoms with Gasteiger partial charge >= 0.3 is 6.09 Å². The summed E-state index contributed by atoms with van der Waals surface area (Å²) >= 11 is 0. The first-order valence-corrected chi connectivity index (χ1v) is 10.8. The highest BCUT2D eigenvalue weighted by molar-refractivity contribution is 14.0. The van der Waals surface area contributed by atoms with Gasteiger partial charge in [0, 0.05) is 39.6 Å². The van der Waals surface area contributed by atoms with Crippen molar-refractivity contribution in [3.63, 3.8) is 0 Å². The zero-order valence-electron chi connectivity index (χ0n) is 20.2. The Morgan fingerprint density at radius 2 is 1.97 bits per heavy atom. The molecule has 1 unspecified atom stereocenters. The predicted octanol–water partition coefficient (Wildman–Crippen LogP) is 3.15. The van der Waals surface area contributed by atoms with Crippen molar-refractivity contribution in [3.8, 4) is 0 Å². The number of carbonyl (C=O) groups is 2. The number of alkyl carbamates (subject to hydrolysis) is 1. The second kappa shape index (κ2) is 15.8. The molecule has 0 aliphatic rings. The molecule has 0 aromatic carbocycles. The van der Waals surface area contributed by atoms with E-state index in [1.54, 1.807) is 20.4 Å². The molecule has 32 heavy (non-hydrogen) atoms. The molecule has 3 N–H and O–H groups in total. The molecule has 0 saturated carbocycles. The molecule has 1 atom stereocenters. The van der Waals surface area contributed by atoms with Crippen LogP contribution in [0.5, 0.6) is 0 Å². The van der Waals surface area contributed by atoms with Crippen LogP contribution in [-0.2, 0) is 16.0 Å². The lowest BCUT2D eigenvalue weighted by molar-refractivity contribution is -0.127. The summed E-state index contributed by atoms with van der Waals surface area (Å²) < 4.78 is 10.7. The molecule has 0 aliphatic heterocycles. The number of carbonyl (C=O) groups excluding carboxylic acids is 2. The minimum Gasteiger partial charge on any atom is -0.469 e. The second-order valence-corrected chi connectivity index (χ2v) is 8.58. The Morgan fingerprint density at radius 3 is 2.53 bits per heavy atom. The number of likely N-dealkylation sites (N-methyl/N-ethyl adjacent to an activating group) is 1. The fourth-order valence-corrected chi connectivity index (χ4v) is 2.59. The number of rotatable bonds is 11. The summed E-state index contributed by atoms with van der Waals surface area (Å²) in [5.41, 5.74) is -0.553. The average Bonchev–Trinajstić information content (AvgIpc) is 3.19. The lowest BCUT2D eigenvalue weighted by atomic mass is 10.1. The van der Waals surface area contributed by atoms with Crippen LogP contribution in [0.4, 0.5) is 4.79 Å². The van der Waals surface area contributed by atoms with Gasteiger partial charge in [0.15, 0.2) is 5.96 Å². The number of amides is 2. The number of nitrogens with one attached hydrogen (secondary N) is 3. The molecule has 10 heteroatoms. The van der Waals surface area contributed by atoms with Crippen molar-refractivity contribution in [1.29, 1.82) is 0 Å². The van der Waals surface area contributed by atoms with E-state index in [1.807, 2.05) is 32.9 Å². The van der Waals surface area contributed by atoms with Crippen molar-refractivity contribution < 1.29 is 18.7 Å². The van der Waals surface area contributed by atoms with E-state index in [0.29, 0.717) is 25.5 Å². The Kier molecular flexibility index (Phi) is 14.8. The highest BCUT2D eigenvalue weighted by Gasteiger charge is 2.18. The summed E-state index contributed by atoms with van der Waals surface area (Å²) in [5, 5.41) is 9.42. The van der Waals surface area contributed by atoms with Crippen molar-refractivity contribution >= 4 is 41.9 Å². The molecular formula is C22H40IN5O4. The summed E-state index contributed by atoms with van der Waals surface area (Å²) in [4.78, 5) is 30.0. The summed E-state index contributed by atoms with van der Waals surface area (Å²) in [6, 6.07) is 3.70. The normalized spacial score (nSPS) is 12.4. The van der Waals surface area contributed by atoms with Crippen molar-refractivity contribution in [2.75, 3.05) is 33.7 Å². The number of hydrogen-bond acceptors (Lipinski definition) is 5. The third kappa shape index (κ3) is 14.2. The molecule has 1 heterocycles. The Bertz CT molecular complexity index is 687. The summed E-state index contributed by atoms with van der Waals surface area (Å²) in [7, 11) is 3.40. The number of unbranched alkanes of at least 4 members (excludes halogenated alkanes) is 1. The molecule has 0 fully saturated rings. The van der Waals surface area contributed by atoms with Gasteiger partial charge in [-0.3, -0.25) is 4.79 Å². The third-order valence-corrected chi connectivity index (χ3v) is 4.25. The van der Waals surface area contributed by atoms with E-state index in [4.69, 9.17) is 9.15 Å². The van der Waals surface area contributed by atoms with Crippen LogP contribution < -0.4 is 16.0 Å². The molecule has 0 spiro atoms. The van der Waals surface area contributed by atoms with Gasteiger partial charge in [0.25, 0.3) is 0 Å². The molecule has 0 radical (unpaired) electrons. The minimum atomic E-state index is -0.553. The van der Waals surface area contributed by atoms with Crippen LogP contribution in [0.25, 0.3) is 0 Å². The number of halogens is 1. The summed E-state index contributed by atoms with van der Waals surface area (Å²) in [5.74, 6) is 1.29. The maximum Gasteiger partial charge on any atom is 0.407 e. The first-order valence-electron chi connectivity index (χ1n) is 10.8. The van der Waals surface area contributed by atoms with Crippen LogP contribution in [-0.4, -0.2) is 68.2 Å². The number of guanidine groups is 1.